The summed E-state index contributed by atoms with van der Waals surface area (Å²) in [6.45, 7) is 2.07. The first kappa shape index (κ1) is 25.3. The lowest BCUT2D eigenvalue weighted by molar-refractivity contribution is 0.293. The van der Waals surface area contributed by atoms with E-state index in [-0.39, 0.29) is 5.75 Å². The van der Waals surface area contributed by atoms with Gasteiger partial charge in [-0.05, 0) is 90.6 Å². The highest BCUT2D eigenvalue weighted by Crippen LogP contribution is 2.28. The van der Waals surface area contributed by atoms with Crippen molar-refractivity contribution in [2.75, 3.05) is 23.3 Å². The molecule has 3 atom stereocenters. The van der Waals surface area contributed by atoms with Gasteiger partial charge in [0.15, 0.2) is 0 Å². The van der Waals surface area contributed by atoms with Crippen LogP contribution in [0.2, 0.25) is 0 Å². The minimum Gasteiger partial charge on any atom is -0.508 e. The Hall–Kier alpha value is -3.98. The van der Waals surface area contributed by atoms with Crippen molar-refractivity contribution in [3.05, 3.63) is 66.9 Å². The number of phenolic OH excluding ortho intramolecular Hbond substituents is 1. The lowest BCUT2D eigenvalue weighted by Gasteiger charge is -2.40. The molecule has 1 aliphatic heterocycles. The molecule has 39 heavy (non-hydrogen) atoms. The van der Waals surface area contributed by atoms with E-state index in [4.69, 9.17) is 0 Å². The molecule has 202 valence electrons. The highest BCUT2D eigenvalue weighted by molar-refractivity contribution is 5.67. The van der Waals surface area contributed by atoms with Gasteiger partial charge in [-0.3, -0.25) is 0 Å². The van der Waals surface area contributed by atoms with Crippen LogP contribution in [0.5, 0.6) is 5.75 Å². The molecule has 2 aliphatic rings. The predicted octanol–water partition coefficient (Wildman–Crippen LogP) is 4.63. The topological polar surface area (TPSA) is 104 Å². The molecule has 2 fully saturated rings. The lowest BCUT2D eigenvalue weighted by atomic mass is 9.89. The number of aryl methyl sites for hydroxylation is 1. The molecule has 6 rings (SSSR count). The third-order valence-electron chi connectivity index (χ3n) is 7.91. The van der Waals surface area contributed by atoms with Crippen LogP contribution in [0.25, 0.3) is 22.5 Å². The summed E-state index contributed by atoms with van der Waals surface area (Å²) in [4.78, 5) is 8.59. The molecule has 1 aliphatic carbocycles. The average Bonchev–Trinajstić information content (AvgIpc) is 3.41. The fourth-order valence-corrected chi connectivity index (χ4v) is 5.94. The molecule has 9 heteroatoms. The van der Waals surface area contributed by atoms with Gasteiger partial charge in [-0.1, -0.05) is 25.0 Å². The van der Waals surface area contributed by atoms with E-state index in [0.717, 1.165) is 42.0 Å². The van der Waals surface area contributed by atoms with Crippen LogP contribution in [-0.4, -0.2) is 61.5 Å². The summed E-state index contributed by atoms with van der Waals surface area (Å²) in [6.07, 6.45) is 8.98. The Morgan fingerprint density at radius 2 is 1.69 bits per heavy atom. The zero-order valence-electron chi connectivity index (χ0n) is 22.4. The van der Waals surface area contributed by atoms with Gasteiger partial charge in [0.2, 0.25) is 5.82 Å². The van der Waals surface area contributed by atoms with Crippen LogP contribution in [0.4, 0.5) is 11.5 Å². The van der Waals surface area contributed by atoms with Crippen molar-refractivity contribution < 1.29 is 5.11 Å². The zero-order chi connectivity index (χ0) is 26.6. The second-order valence-electron chi connectivity index (χ2n) is 10.7. The number of tetrazole rings is 1. The number of nitrogens with zero attached hydrogens (tertiary/aromatic N) is 6. The number of piperidine rings is 1. The lowest BCUT2D eigenvalue weighted by Crippen LogP contribution is -2.54. The quantitative estimate of drug-likeness (QED) is 0.322. The number of aromatic hydroxyl groups is 1. The molecular formula is C30H36N8O. The number of rotatable bonds is 7. The molecule has 2 aromatic heterocycles. The molecule has 0 bridgehead atoms. The molecule has 0 amide bonds. The summed E-state index contributed by atoms with van der Waals surface area (Å²) in [6, 6.07) is 21.1. The van der Waals surface area contributed by atoms with Gasteiger partial charge in [0, 0.05) is 48.7 Å². The van der Waals surface area contributed by atoms with Crippen LogP contribution < -0.4 is 15.5 Å². The van der Waals surface area contributed by atoms with Crippen LogP contribution in [0.15, 0.2) is 66.9 Å². The zero-order valence-corrected chi connectivity index (χ0v) is 22.4. The van der Waals surface area contributed by atoms with Crippen LogP contribution in [0, 0.1) is 0 Å². The van der Waals surface area contributed by atoms with Crippen LogP contribution in [0.1, 0.15) is 38.5 Å². The maximum absolute atomic E-state index is 9.90. The van der Waals surface area contributed by atoms with Gasteiger partial charge in [-0.25, -0.2) is 4.98 Å². The Morgan fingerprint density at radius 3 is 2.49 bits per heavy atom. The fourth-order valence-electron chi connectivity index (χ4n) is 5.94. The fraction of sp³-hybridized carbons (Fsp3) is 0.400. The standard InChI is InChI=1S/C30H36N8O/c1-37-35-30(34-36-37)21-11-13-25(14-12-21)38-17-5-7-24(20-38)32-27-9-2-3-10-28(27)33-29-19-23(15-16-31-29)22-6-4-8-26(39)18-22/h4,6,8,11-16,18-19,24,27-28,32,39H,2-3,5,7,9-10,17,20H2,1H3,(H,31,33)/t24-,27+,28+/m0/s1. The summed E-state index contributed by atoms with van der Waals surface area (Å²) < 4.78 is 0. The highest BCUT2D eigenvalue weighted by atomic mass is 16.3. The number of hydrogen-bond donors (Lipinski definition) is 3. The van der Waals surface area contributed by atoms with E-state index in [2.05, 4.69) is 66.3 Å². The Balaban J connectivity index is 1.10. The smallest absolute Gasteiger partial charge is 0.204 e. The Kier molecular flexibility index (Phi) is 7.40. The molecule has 0 spiro atoms. The summed E-state index contributed by atoms with van der Waals surface area (Å²) in [5.74, 6) is 1.81. The molecule has 9 nitrogen and oxygen atoms in total. The van der Waals surface area contributed by atoms with Gasteiger partial charge < -0.3 is 20.6 Å². The normalized spacial score (nSPS) is 21.6. The number of pyridine rings is 1. The molecule has 4 aromatic rings. The largest absolute Gasteiger partial charge is 0.508 e. The summed E-state index contributed by atoms with van der Waals surface area (Å²) in [5.41, 5.74) is 4.26. The van der Waals surface area contributed by atoms with Gasteiger partial charge in [0.25, 0.3) is 0 Å². The molecule has 1 saturated carbocycles. The first-order valence-corrected chi connectivity index (χ1v) is 14.0. The predicted molar refractivity (Wildman–Crippen MR) is 154 cm³/mol. The van der Waals surface area contributed by atoms with Gasteiger partial charge in [0.1, 0.15) is 11.6 Å². The van der Waals surface area contributed by atoms with Crippen molar-refractivity contribution >= 4 is 11.5 Å². The van der Waals surface area contributed by atoms with Crippen molar-refractivity contribution in [1.82, 2.24) is 30.5 Å². The van der Waals surface area contributed by atoms with E-state index in [9.17, 15) is 5.11 Å². The van der Waals surface area contributed by atoms with Gasteiger partial charge >= 0.3 is 0 Å². The molecular weight excluding hydrogens is 488 g/mol. The number of nitrogens with one attached hydrogen (secondary N) is 2. The van der Waals surface area contributed by atoms with Crippen molar-refractivity contribution in [3.63, 3.8) is 0 Å². The molecule has 1 saturated heterocycles. The summed E-state index contributed by atoms with van der Waals surface area (Å²) >= 11 is 0. The number of phenols is 1. The molecule has 0 unspecified atom stereocenters. The third-order valence-corrected chi connectivity index (χ3v) is 7.91. The monoisotopic (exact) mass is 524 g/mol. The summed E-state index contributed by atoms with van der Waals surface area (Å²) in [5, 5.41) is 30.0. The van der Waals surface area contributed by atoms with Crippen molar-refractivity contribution in [2.24, 2.45) is 7.05 Å². The maximum atomic E-state index is 9.90. The van der Waals surface area contributed by atoms with E-state index < -0.39 is 0 Å². The Labute approximate surface area is 229 Å². The first-order chi connectivity index (χ1) is 19.1. The Bertz CT molecular complexity index is 1390. The molecule has 2 aromatic carbocycles. The number of benzene rings is 2. The van der Waals surface area contributed by atoms with E-state index in [1.807, 2.05) is 24.4 Å². The van der Waals surface area contributed by atoms with Crippen LogP contribution in [-0.2, 0) is 7.05 Å². The number of aromatic nitrogens is 5. The van der Waals surface area contributed by atoms with Crippen LogP contribution in [0.3, 0.4) is 0 Å². The van der Waals surface area contributed by atoms with Crippen molar-refractivity contribution in [3.8, 4) is 28.3 Å². The highest BCUT2D eigenvalue weighted by Gasteiger charge is 2.29. The second-order valence-corrected chi connectivity index (χ2v) is 10.7. The SMILES string of the molecule is Cn1nnc(-c2ccc(N3CCC[C@H](N[C@@H]4CCCC[C@H]4Nc4cc(-c5cccc(O)c5)ccn4)C3)cc2)n1. The van der Waals surface area contributed by atoms with Gasteiger partial charge in [-0.2, -0.15) is 4.80 Å². The minimum atomic E-state index is 0.273. The minimum absolute atomic E-state index is 0.273. The van der Waals surface area contributed by atoms with Crippen molar-refractivity contribution in [2.45, 2.75) is 56.7 Å². The van der Waals surface area contributed by atoms with E-state index in [1.165, 1.54) is 42.6 Å². The molecule has 3 N–H and O–H groups in total. The van der Waals surface area contributed by atoms with E-state index >= 15 is 0 Å². The van der Waals surface area contributed by atoms with Crippen LogP contribution >= 0.6 is 0 Å². The second kappa shape index (κ2) is 11.4. The maximum Gasteiger partial charge on any atom is 0.204 e. The summed E-state index contributed by atoms with van der Waals surface area (Å²) in [7, 11) is 1.78. The number of anilines is 2. The average molecular weight is 525 g/mol. The third kappa shape index (κ3) is 6.04. The van der Waals surface area contributed by atoms with E-state index in [1.54, 1.807) is 19.2 Å². The molecule has 0 radical (unpaired) electrons. The van der Waals surface area contributed by atoms with Gasteiger partial charge in [-0.15, -0.1) is 10.2 Å². The molecule has 3 heterocycles. The van der Waals surface area contributed by atoms with Gasteiger partial charge in [0.05, 0.1) is 7.05 Å². The number of hydrogen-bond acceptors (Lipinski definition) is 8. The van der Waals surface area contributed by atoms with Crippen molar-refractivity contribution in [1.29, 1.82) is 0 Å². The Morgan fingerprint density at radius 1 is 0.872 bits per heavy atom. The first-order valence-electron chi connectivity index (χ1n) is 14.0. The van der Waals surface area contributed by atoms with E-state index in [0.29, 0.717) is 23.9 Å².